The molecule has 2 heterocycles. The minimum atomic E-state index is -1.20. The van der Waals surface area contributed by atoms with E-state index in [0.29, 0.717) is 5.69 Å². The summed E-state index contributed by atoms with van der Waals surface area (Å²) in [6.45, 7) is 3.21. The average molecular weight is 278 g/mol. The van der Waals surface area contributed by atoms with Gasteiger partial charge < -0.3 is 21.1 Å². The molecule has 108 valence electrons. The first-order valence-corrected chi connectivity index (χ1v) is 6.51. The minimum Gasteiger partial charge on any atom is -0.477 e. The number of aromatic amines is 1. The van der Waals surface area contributed by atoms with Gasteiger partial charge in [-0.3, -0.25) is 4.79 Å². The van der Waals surface area contributed by atoms with Gasteiger partial charge in [0.25, 0.3) is 5.56 Å². The molecule has 0 amide bonds. The third-order valence-electron chi connectivity index (χ3n) is 3.36. The highest BCUT2D eigenvalue weighted by Crippen LogP contribution is 2.23. The van der Waals surface area contributed by atoms with E-state index in [9.17, 15) is 14.7 Å². The zero-order valence-electron chi connectivity index (χ0n) is 11.3. The van der Waals surface area contributed by atoms with Gasteiger partial charge in [-0.2, -0.15) is 0 Å². The molecule has 1 aromatic rings. The normalized spacial score (nSPS) is 17.6. The molecular formula is C13H18N4O3. The van der Waals surface area contributed by atoms with Crippen LogP contribution in [-0.2, 0) is 4.79 Å². The monoisotopic (exact) mass is 278 g/mol. The Balaban J connectivity index is 2.45. The zero-order chi connectivity index (χ0) is 14.7. The minimum absolute atomic E-state index is 0.0264. The van der Waals surface area contributed by atoms with E-state index in [2.05, 4.69) is 15.3 Å². The first-order valence-electron chi connectivity index (χ1n) is 6.51. The molecule has 0 saturated carbocycles. The van der Waals surface area contributed by atoms with E-state index in [0.717, 1.165) is 25.9 Å². The van der Waals surface area contributed by atoms with Gasteiger partial charge in [0, 0.05) is 17.7 Å². The smallest absolute Gasteiger partial charge is 0.341 e. The number of hydrogen-bond acceptors (Lipinski definition) is 5. The number of H-pyrrole nitrogens is 1. The van der Waals surface area contributed by atoms with Crippen molar-refractivity contribution >= 4 is 11.5 Å². The van der Waals surface area contributed by atoms with E-state index in [-0.39, 0.29) is 28.6 Å². The van der Waals surface area contributed by atoms with Gasteiger partial charge in [-0.25, -0.2) is 9.78 Å². The maximum absolute atomic E-state index is 11.7. The Kier molecular flexibility index (Phi) is 4.19. The van der Waals surface area contributed by atoms with Crippen molar-refractivity contribution in [1.82, 2.24) is 15.3 Å². The molecule has 2 rings (SSSR count). The number of carbonyl (C=O) groups is 1. The number of aliphatic carboxylic acids is 1. The highest BCUT2D eigenvalue weighted by molar-refractivity contribution is 6.14. The Bertz CT molecular complexity index is 596. The third-order valence-corrected chi connectivity index (χ3v) is 3.36. The fourth-order valence-corrected chi connectivity index (χ4v) is 2.38. The molecule has 0 bridgehead atoms. The molecule has 1 fully saturated rings. The van der Waals surface area contributed by atoms with Crippen LogP contribution >= 0.6 is 0 Å². The number of nitrogens with two attached hydrogens (primary N) is 1. The van der Waals surface area contributed by atoms with Crippen molar-refractivity contribution in [2.24, 2.45) is 5.73 Å². The number of allylic oxidation sites excluding steroid dienone is 1. The second-order valence-corrected chi connectivity index (χ2v) is 4.91. The molecule has 1 aromatic heterocycles. The lowest BCUT2D eigenvalue weighted by Crippen LogP contribution is -2.28. The number of carboxylic acid groups (broad SMARTS) is 1. The van der Waals surface area contributed by atoms with Crippen LogP contribution in [-0.4, -0.2) is 34.1 Å². The molecule has 1 aliphatic rings. The number of piperidine rings is 1. The van der Waals surface area contributed by atoms with Gasteiger partial charge in [-0.15, -0.1) is 0 Å². The van der Waals surface area contributed by atoms with Crippen molar-refractivity contribution < 1.29 is 9.90 Å². The van der Waals surface area contributed by atoms with Crippen LogP contribution in [0.5, 0.6) is 0 Å². The quantitative estimate of drug-likeness (QED) is 0.578. The lowest BCUT2D eigenvalue weighted by molar-refractivity contribution is -0.130. The van der Waals surface area contributed by atoms with Crippen molar-refractivity contribution in [3.63, 3.8) is 0 Å². The fourth-order valence-electron chi connectivity index (χ4n) is 2.38. The van der Waals surface area contributed by atoms with Crippen LogP contribution in [0.25, 0.3) is 5.57 Å². The molecule has 0 aliphatic carbocycles. The molecule has 1 aliphatic heterocycles. The van der Waals surface area contributed by atoms with E-state index in [1.165, 1.54) is 13.0 Å². The van der Waals surface area contributed by atoms with Crippen LogP contribution < -0.4 is 16.6 Å². The summed E-state index contributed by atoms with van der Waals surface area (Å²) in [7, 11) is 0. The van der Waals surface area contributed by atoms with Gasteiger partial charge in [0.15, 0.2) is 0 Å². The van der Waals surface area contributed by atoms with Crippen LogP contribution in [0.1, 0.15) is 37.2 Å². The molecule has 1 saturated heterocycles. The largest absolute Gasteiger partial charge is 0.477 e. The SMILES string of the molecule is CC(N)=C(C(=O)O)c1nc(C2CCNCC2)cc(=O)[nH]1. The number of carboxylic acids is 1. The summed E-state index contributed by atoms with van der Waals surface area (Å²) < 4.78 is 0. The summed E-state index contributed by atoms with van der Waals surface area (Å²) in [4.78, 5) is 29.7. The summed E-state index contributed by atoms with van der Waals surface area (Å²) >= 11 is 0. The molecular weight excluding hydrogens is 260 g/mol. The Hall–Kier alpha value is -2.15. The van der Waals surface area contributed by atoms with Crippen molar-refractivity contribution in [2.45, 2.75) is 25.7 Å². The third kappa shape index (κ3) is 3.05. The summed E-state index contributed by atoms with van der Waals surface area (Å²) in [6, 6.07) is 1.44. The van der Waals surface area contributed by atoms with Crippen LogP contribution in [0, 0.1) is 0 Å². The molecule has 7 nitrogen and oxygen atoms in total. The van der Waals surface area contributed by atoms with E-state index < -0.39 is 5.97 Å². The molecule has 0 aromatic carbocycles. The number of nitrogens with one attached hydrogen (secondary N) is 2. The van der Waals surface area contributed by atoms with E-state index >= 15 is 0 Å². The Morgan fingerprint density at radius 2 is 2.10 bits per heavy atom. The highest BCUT2D eigenvalue weighted by Gasteiger charge is 2.21. The number of nitrogens with zero attached hydrogens (tertiary/aromatic N) is 1. The van der Waals surface area contributed by atoms with Gasteiger partial charge in [0.05, 0.1) is 5.69 Å². The second-order valence-electron chi connectivity index (χ2n) is 4.91. The number of rotatable bonds is 3. The summed E-state index contributed by atoms with van der Waals surface area (Å²) in [6.07, 6.45) is 1.76. The van der Waals surface area contributed by atoms with Crippen molar-refractivity contribution in [3.8, 4) is 0 Å². The molecule has 0 unspecified atom stereocenters. The van der Waals surface area contributed by atoms with Gasteiger partial charge >= 0.3 is 5.97 Å². The molecule has 5 N–H and O–H groups in total. The maximum atomic E-state index is 11.7. The van der Waals surface area contributed by atoms with E-state index in [1.54, 1.807) is 0 Å². The zero-order valence-corrected chi connectivity index (χ0v) is 11.3. The van der Waals surface area contributed by atoms with E-state index in [1.807, 2.05) is 0 Å². The van der Waals surface area contributed by atoms with Gasteiger partial charge in [-0.05, 0) is 32.9 Å². The molecule has 7 heteroatoms. The Labute approximate surface area is 115 Å². The van der Waals surface area contributed by atoms with Gasteiger partial charge in [-0.1, -0.05) is 0 Å². The molecule has 0 atom stereocenters. The lowest BCUT2D eigenvalue weighted by Gasteiger charge is -2.22. The molecule has 0 spiro atoms. The number of aromatic nitrogens is 2. The van der Waals surface area contributed by atoms with Gasteiger partial charge in [0.1, 0.15) is 11.4 Å². The van der Waals surface area contributed by atoms with Crippen LogP contribution in [0.4, 0.5) is 0 Å². The maximum Gasteiger partial charge on any atom is 0.341 e. The van der Waals surface area contributed by atoms with Crippen molar-refractivity contribution in [3.05, 3.63) is 33.6 Å². The van der Waals surface area contributed by atoms with E-state index in [4.69, 9.17) is 5.73 Å². The molecule has 0 radical (unpaired) electrons. The highest BCUT2D eigenvalue weighted by atomic mass is 16.4. The standard InChI is InChI=1S/C13H18N4O3/c1-7(14)11(13(19)20)12-16-9(6-10(18)17-12)8-2-4-15-5-3-8/h6,8,15H,2-5,14H2,1H3,(H,19,20)(H,16,17,18). The van der Waals surface area contributed by atoms with Crippen LogP contribution in [0.3, 0.4) is 0 Å². The summed E-state index contributed by atoms with van der Waals surface area (Å²) in [5.41, 5.74) is 5.81. The molecule has 20 heavy (non-hydrogen) atoms. The topological polar surface area (TPSA) is 121 Å². The van der Waals surface area contributed by atoms with Crippen molar-refractivity contribution in [2.75, 3.05) is 13.1 Å². The van der Waals surface area contributed by atoms with Crippen LogP contribution in [0.15, 0.2) is 16.6 Å². The predicted octanol–water partition coefficient (Wildman–Crippen LogP) is 0.0112. The average Bonchev–Trinajstić information content (AvgIpc) is 2.38. The first kappa shape index (κ1) is 14.3. The second kappa shape index (κ2) is 5.87. The Morgan fingerprint density at radius 3 is 2.65 bits per heavy atom. The van der Waals surface area contributed by atoms with Crippen molar-refractivity contribution in [1.29, 1.82) is 0 Å². The first-order chi connectivity index (χ1) is 9.49. The lowest BCUT2D eigenvalue weighted by atomic mass is 9.94. The predicted molar refractivity (Wildman–Crippen MR) is 74.1 cm³/mol. The van der Waals surface area contributed by atoms with Crippen LogP contribution in [0.2, 0.25) is 0 Å². The summed E-state index contributed by atoms with van der Waals surface area (Å²) in [5.74, 6) is -1.00. The van der Waals surface area contributed by atoms with Gasteiger partial charge in [0.2, 0.25) is 0 Å². The Morgan fingerprint density at radius 1 is 1.45 bits per heavy atom. The number of hydrogen-bond donors (Lipinski definition) is 4. The fraction of sp³-hybridized carbons (Fsp3) is 0.462. The summed E-state index contributed by atoms with van der Waals surface area (Å²) in [5, 5.41) is 12.4.